The highest BCUT2D eigenvalue weighted by molar-refractivity contribution is 7.13. The number of benzene rings is 1. The number of aliphatic imine (C=N–C) groups is 1. The lowest BCUT2D eigenvalue weighted by atomic mass is 10.2. The summed E-state index contributed by atoms with van der Waals surface area (Å²) in [6.07, 6.45) is 4.16. The molecule has 0 spiro atoms. The molecule has 126 valence electrons. The van der Waals surface area contributed by atoms with E-state index in [2.05, 4.69) is 15.3 Å². The summed E-state index contributed by atoms with van der Waals surface area (Å²) in [5.74, 6) is -0.349. The van der Waals surface area contributed by atoms with Gasteiger partial charge < -0.3 is 10.1 Å². The zero-order valence-electron chi connectivity index (χ0n) is 14.1. The van der Waals surface area contributed by atoms with E-state index in [-0.39, 0.29) is 5.97 Å². The maximum absolute atomic E-state index is 12.0. The Morgan fingerprint density at radius 2 is 2.08 bits per heavy atom. The van der Waals surface area contributed by atoms with Crippen molar-refractivity contribution in [2.45, 2.75) is 27.2 Å². The highest BCUT2D eigenvalue weighted by Crippen LogP contribution is 2.25. The van der Waals surface area contributed by atoms with E-state index in [1.54, 1.807) is 13.3 Å². The summed E-state index contributed by atoms with van der Waals surface area (Å²) in [5, 5.41) is 5.49. The highest BCUT2D eigenvalue weighted by atomic mass is 32.1. The number of nitrogens with one attached hydrogen (secondary N) is 1. The molecule has 2 aromatic rings. The number of anilines is 1. The lowest BCUT2D eigenvalue weighted by molar-refractivity contribution is -0.136. The molecule has 0 saturated heterocycles. The topological polar surface area (TPSA) is 63.6 Å². The van der Waals surface area contributed by atoms with Crippen molar-refractivity contribution in [2.75, 3.05) is 11.9 Å². The summed E-state index contributed by atoms with van der Waals surface area (Å²) in [6, 6.07) is 8.02. The fraction of sp³-hybridized carbons (Fsp3) is 0.278. The number of ether oxygens (including phenoxy) is 1. The summed E-state index contributed by atoms with van der Waals surface area (Å²) >= 11 is 1.38. The van der Waals surface area contributed by atoms with Crippen LogP contribution in [0.1, 0.15) is 31.5 Å². The van der Waals surface area contributed by atoms with Crippen molar-refractivity contribution in [3.63, 3.8) is 0 Å². The maximum Gasteiger partial charge on any atom is 0.340 e. The molecule has 0 radical (unpaired) electrons. The van der Waals surface area contributed by atoms with Crippen molar-refractivity contribution in [3.8, 4) is 0 Å². The molecule has 0 unspecified atom stereocenters. The number of carbonyl (C=O) groups is 1. The van der Waals surface area contributed by atoms with E-state index >= 15 is 0 Å². The molecule has 1 heterocycles. The van der Waals surface area contributed by atoms with Gasteiger partial charge in [-0.05, 0) is 32.4 Å². The molecule has 1 aromatic carbocycles. The molecule has 0 saturated carbocycles. The number of nitrogens with zero attached hydrogens (tertiary/aromatic N) is 2. The smallest absolute Gasteiger partial charge is 0.340 e. The van der Waals surface area contributed by atoms with Crippen LogP contribution < -0.4 is 5.32 Å². The Balaban J connectivity index is 2.06. The summed E-state index contributed by atoms with van der Waals surface area (Å²) in [6.45, 7) is 6.14. The average molecular weight is 343 g/mol. The van der Waals surface area contributed by atoms with Crippen LogP contribution in [0.25, 0.3) is 5.57 Å². The number of carbonyl (C=O) groups excluding carboxylic acids is 1. The lowest BCUT2D eigenvalue weighted by Gasteiger charge is -2.03. The largest absolute Gasteiger partial charge is 0.462 e. The molecule has 0 amide bonds. The molecule has 0 aliphatic heterocycles. The van der Waals surface area contributed by atoms with Gasteiger partial charge in [0.2, 0.25) is 5.13 Å². The standard InChI is InChI=1S/C18H21N3O2S/c1-4-6-15(17(22)23-5-2)16-11-24-18(21-16)20-12-19-14-9-7-13(3)8-10-14/h6-12H,4-5H2,1-3H3,(H,19,20,21). The Bertz CT molecular complexity index is 733. The summed E-state index contributed by atoms with van der Waals surface area (Å²) in [4.78, 5) is 20.7. The van der Waals surface area contributed by atoms with Gasteiger partial charge in [-0.25, -0.2) is 14.8 Å². The van der Waals surface area contributed by atoms with Gasteiger partial charge in [-0.3, -0.25) is 0 Å². The first-order chi connectivity index (χ1) is 11.6. The average Bonchev–Trinajstić information content (AvgIpc) is 3.03. The van der Waals surface area contributed by atoms with Gasteiger partial charge in [0.25, 0.3) is 0 Å². The van der Waals surface area contributed by atoms with Gasteiger partial charge in [0.15, 0.2) is 0 Å². The predicted molar refractivity (Wildman–Crippen MR) is 100.0 cm³/mol. The molecule has 5 nitrogen and oxygen atoms in total. The molecule has 0 aliphatic carbocycles. The third-order valence-electron chi connectivity index (χ3n) is 3.13. The van der Waals surface area contributed by atoms with E-state index in [0.29, 0.717) is 23.0 Å². The quantitative estimate of drug-likeness (QED) is 0.346. The fourth-order valence-electron chi connectivity index (χ4n) is 1.96. The molecular weight excluding hydrogens is 322 g/mol. The number of aryl methyl sites for hydroxylation is 1. The number of esters is 1. The van der Waals surface area contributed by atoms with Crippen LogP contribution in [0.3, 0.4) is 0 Å². The van der Waals surface area contributed by atoms with Crippen molar-refractivity contribution in [2.24, 2.45) is 4.99 Å². The van der Waals surface area contributed by atoms with Crippen LogP contribution in [-0.2, 0) is 9.53 Å². The van der Waals surface area contributed by atoms with E-state index in [0.717, 1.165) is 12.1 Å². The monoisotopic (exact) mass is 343 g/mol. The number of hydrogen-bond donors (Lipinski definition) is 1. The number of aromatic nitrogens is 1. The highest BCUT2D eigenvalue weighted by Gasteiger charge is 2.15. The molecule has 0 bridgehead atoms. The second-order valence-corrected chi connectivity index (χ2v) is 5.87. The first-order valence-electron chi connectivity index (χ1n) is 7.83. The van der Waals surface area contributed by atoms with Crippen LogP contribution in [0.2, 0.25) is 0 Å². The second-order valence-electron chi connectivity index (χ2n) is 5.03. The third-order valence-corrected chi connectivity index (χ3v) is 3.88. The Morgan fingerprint density at radius 1 is 1.33 bits per heavy atom. The fourth-order valence-corrected chi connectivity index (χ4v) is 2.63. The van der Waals surface area contributed by atoms with Gasteiger partial charge in [-0.1, -0.05) is 30.7 Å². The molecular formula is C18H21N3O2S. The van der Waals surface area contributed by atoms with E-state index in [9.17, 15) is 4.79 Å². The van der Waals surface area contributed by atoms with E-state index in [4.69, 9.17) is 4.74 Å². The first kappa shape index (κ1) is 17.9. The molecule has 1 aromatic heterocycles. The molecule has 24 heavy (non-hydrogen) atoms. The Hall–Kier alpha value is -2.47. The van der Waals surface area contributed by atoms with Gasteiger partial charge in [0, 0.05) is 11.1 Å². The molecule has 1 N–H and O–H groups in total. The van der Waals surface area contributed by atoms with Crippen LogP contribution >= 0.6 is 11.3 Å². The Kier molecular flexibility index (Phi) is 6.69. The van der Waals surface area contributed by atoms with Crippen LogP contribution in [0.5, 0.6) is 0 Å². The first-order valence-corrected chi connectivity index (χ1v) is 8.71. The van der Waals surface area contributed by atoms with Gasteiger partial charge in [-0.2, -0.15) is 0 Å². The number of rotatable bonds is 7. The van der Waals surface area contributed by atoms with E-state index < -0.39 is 0 Å². The minimum absolute atomic E-state index is 0.343. The molecule has 2 rings (SSSR count). The maximum atomic E-state index is 12.0. The summed E-state index contributed by atoms with van der Waals surface area (Å²) in [5.41, 5.74) is 3.25. The minimum atomic E-state index is -0.349. The van der Waals surface area contributed by atoms with Crippen molar-refractivity contribution in [1.82, 2.24) is 4.98 Å². The Labute approximate surface area is 146 Å². The third kappa shape index (κ3) is 5.03. The molecule has 0 atom stereocenters. The SMILES string of the molecule is CCC=C(C(=O)OCC)c1csc(N=CNc2ccc(C)cc2)n1. The molecule has 0 aliphatic rings. The van der Waals surface area contributed by atoms with Crippen molar-refractivity contribution < 1.29 is 9.53 Å². The molecule has 6 heteroatoms. The summed E-state index contributed by atoms with van der Waals surface area (Å²) in [7, 11) is 0. The zero-order chi connectivity index (χ0) is 17.4. The van der Waals surface area contributed by atoms with Gasteiger partial charge in [0.05, 0.1) is 24.2 Å². The van der Waals surface area contributed by atoms with Crippen LogP contribution in [0.4, 0.5) is 10.8 Å². The number of allylic oxidation sites excluding steroid dienone is 1. The van der Waals surface area contributed by atoms with Crippen LogP contribution in [-0.4, -0.2) is 23.9 Å². The predicted octanol–water partition coefficient (Wildman–Crippen LogP) is 4.58. The molecule has 0 fully saturated rings. The second kappa shape index (κ2) is 8.98. The van der Waals surface area contributed by atoms with Gasteiger partial charge in [-0.15, -0.1) is 11.3 Å². The summed E-state index contributed by atoms with van der Waals surface area (Å²) < 4.78 is 5.08. The Morgan fingerprint density at radius 3 is 2.75 bits per heavy atom. The van der Waals surface area contributed by atoms with E-state index in [1.165, 1.54) is 16.9 Å². The van der Waals surface area contributed by atoms with Crippen LogP contribution in [0, 0.1) is 6.92 Å². The number of hydrogen-bond acceptors (Lipinski definition) is 5. The normalized spacial score (nSPS) is 11.7. The van der Waals surface area contributed by atoms with Gasteiger partial charge in [0.1, 0.15) is 0 Å². The number of thiazole rings is 1. The van der Waals surface area contributed by atoms with E-state index in [1.807, 2.05) is 49.6 Å². The zero-order valence-corrected chi connectivity index (χ0v) is 14.9. The minimum Gasteiger partial charge on any atom is -0.462 e. The van der Waals surface area contributed by atoms with Crippen LogP contribution in [0.15, 0.2) is 40.7 Å². The lowest BCUT2D eigenvalue weighted by Crippen LogP contribution is -2.07. The van der Waals surface area contributed by atoms with Crippen molar-refractivity contribution >= 4 is 40.0 Å². The van der Waals surface area contributed by atoms with Crippen molar-refractivity contribution in [3.05, 3.63) is 47.0 Å². The van der Waals surface area contributed by atoms with Gasteiger partial charge >= 0.3 is 5.97 Å². The van der Waals surface area contributed by atoms with Crippen molar-refractivity contribution in [1.29, 1.82) is 0 Å².